The van der Waals surface area contributed by atoms with Crippen LogP contribution in [0.25, 0.3) is 0 Å². The van der Waals surface area contributed by atoms with E-state index in [2.05, 4.69) is 26.2 Å². The summed E-state index contributed by atoms with van der Waals surface area (Å²) in [5.74, 6) is -0.890. The fraction of sp³-hybridized carbons (Fsp3) is 0.100. The van der Waals surface area contributed by atoms with Gasteiger partial charge in [-0.3, -0.25) is 4.79 Å². The van der Waals surface area contributed by atoms with E-state index in [-0.39, 0.29) is 0 Å². The van der Waals surface area contributed by atoms with Crippen molar-refractivity contribution in [2.75, 3.05) is 5.32 Å². The van der Waals surface area contributed by atoms with Crippen molar-refractivity contribution in [3.05, 3.63) is 28.9 Å². The topological polar surface area (TPSA) is 88.5 Å². The standard InChI is InChI=1S/C10H7BrN2O4/c11-7-3-1-5-9(12-7)13-10(16)6(17-5)2-4-8(14)15/h1-4,6H,(H,14,15)(H,12,13,16)/b4-2+. The van der Waals surface area contributed by atoms with E-state index in [4.69, 9.17) is 9.84 Å². The van der Waals surface area contributed by atoms with Crippen molar-refractivity contribution >= 4 is 33.6 Å². The van der Waals surface area contributed by atoms with Gasteiger partial charge in [0, 0.05) is 6.08 Å². The number of hydrogen-bond acceptors (Lipinski definition) is 4. The summed E-state index contributed by atoms with van der Waals surface area (Å²) in [5, 5.41) is 11.0. The van der Waals surface area contributed by atoms with Crippen LogP contribution in [0.4, 0.5) is 5.82 Å². The summed E-state index contributed by atoms with van der Waals surface area (Å²) in [4.78, 5) is 25.9. The molecule has 0 bridgehead atoms. The Morgan fingerprint density at radius 1 is 1.59 bits per heavy atom. The predicted molar refractivity (Wildman–Crippen MR) is 61.8 cm³/mol. The highest BCUT2D eigenvalue weighted by molar-refractivity contribution is 9.10. The molecular weight excluding hydrogens is 292 g/mol. The van der Waals surface area contributed by atoms with Crippen LogP contribution in [0.2, 0.25) is 0 Å². The quantitative estimate of drug-likeness (QED) is 0.632. The Balaban J connectivity index is 2.24. The Labute approximate surface area is 104 Å². The van der Waals surface area contributed by atoms with Crippen molar-refractivity contribution in [3.8, 4) is 5.75 Å². The number of carbonyl (C=O) groups excluding carboxylic acids is 1. The van der Waals surface area contributed by atoms with E-state index < -0.39 is 18.0 Å². The average Bonchev–Trinajstić information content (AvgIpc) is 2.26. The first-order valence-electron chi connectivity index (χ1n) is 4.61. The molecule has 1 aromatic rings. The van der Waals surface area contributed by atoms with Crippen molar-refractivity contribution in [2.45, 2.75) is 6.10 Å². The molecular formula is C10H7BrN2O4. The summed E-state index contributed by atoms with van der Waals surface area (Å²) in [5.41, 5.74) is 0. The number of pyridine rings is 1. The smallest absolute Gasteiger partial charge is 0.328 e. The zero-order valence-corrected chi connectivity index (χ0v) is 9.97. The summed E-state index contributed by atoms with van der Waals surface area (Å²) in [6, 6.07) is 3.29. The van der Waals surface area contributed by atoms with E-state index in [1.54, 1.807) is 12.1 Å². The van der Waals surface area contributed by atoms with Gasteiger partial charge in [0.1, 0.15) is 4.60 Å². The lowest BCUT2D eigenvalue weighted by Crippen LogP contribution is -2.36. The lowest BCUT2D eigenvalue weighted by atomic mass is 10.2. The molecule has 0 saturated heterocycles. The number of nitrogens with zero attached hydrogens (tertiary/aromatic N) is 1. The maximum absolute atomic E-state index is 11.5. The van der Waals surface area contributed by atoms with Crippen LogP contribution in [0, 0.1) is 0 Å². The van der Waals surface area contributed by atoms with E-state index >= 15 is 0 Å². The molecule has 2 heterocycles. The number of amides is 1. The molecule has 88 valence electrons. The second kappa shape index (κ2) is 4.54. The van der Waals surface area contributed by atoms with Crippen LogP contribution < -0.4 is 10.1 Å². The third-order valence-corrected chi connectivity index (χ3v) is 2.43. The van der Waals surface area contributed by atoms with Crippen LogP contribution in [0.5, 0.6) is 5.75 Å². The molecule has 0 fully saturated rings. The molecule has 0 saturated carbocycles. The first kappa shape index (κ1) is 11.6. The fourth-order valence-corrected chi connectivity index (χ4v) is 1.59. The van der Waals surface area contributed by atoms with Crippen LogP contribution in [-0.2, 0) is 9.59 Å². The van der Waals surface area contributed by atoms with Crippen molar-refractivity contribution in [1.82, 2.24) is 4.98 Å². The lowest BCUT2D eigenvalue weighted by molar-refractivity contribution is -0.131. The lowest BCUT2D eigenvalue weighted by Gasteiger charge is -2.22. The van der Waals surface area contributed by atoms with Crippen LogP contribution in [0.3, 0.4) is 0 Å². The SMILES string of the molecule is O=C(O)/C=C/C1Oc2ccc(Br)nc2NC1=O. The van der Waals surface area contributed by atoms with Gasteiger partial charge >= 0.3 is 5.97 Å². The molecule has 1 aliphatic rings. The zero-order valence-electron chi connectivity index (χ0n) is 8.38. The number of carboxylic acid groups (broad SMARTS) is 1. The Hall–Kier alpha value is -1.89. The number of carbonyl (C=O) groups is 2. The van der Waals surface area contributed by atoms with Crippen molar-refractivity contribution in [3.63, 3.8) is 0 Å². The molecule has 7 heteroatoms. The van der Waals surface area contributed by atoms with Gasteiger partial charge in [-0.25, -0.2) is 9.78 Å². The molecule has 1 aliphatic heterocycles. The molecule has 1 amide bonds. The summed E-state index contributed by atoms with van der Waals surface area (Å²) in [6.45, 7) is 0. The molecule has 6 nitrogen and oxygen atoms in total. The molecule has 1 aromatic heterocycles. The largest absolute Gasteiger partial charge is 0.478 e. The molecule has 0 aliphatic carbocycles. The van der Waals surface area contributed by atoms with Crippen molar-refractivity contribution < 1.29 is 19.4 Å². The summed E-state index contributed by atoms with van der Waals surface area (Å²) in [6.07, 6.45) is 1.08. The minimum absolute atomic E-state index is 0.310. The number of carboxylic acids is 1. The van der Waals surface area contributed by atoms with Gasteiger partial charge in [0.2, 0.25) is 0 Å². The molecule has 2 N–H and O–H groups in total. The highest BCUT2D eigenvalue weighted by atomic mass is 79.9. The van der Waals surface area contributed by atoms with Crippen LogP contribution >= 0.6 is 15.9 Å². The highest BCUT2D eigenvalue weighted by Crippen LogP contribution is 2.29. The first-order chi connectivity index (χ1) is 8.06. The third-order valence-electron chi connectivity index (χ3n) is 1.99. The van der Waals surface area contributed by atoms with Gasteiger partial charge in [-0.05, 0) is 34.1 Å². The molecule has 2 rings (SSSR count). The Morgan fingerprint density at radius 2 is 2.35 bits per heavy atom. The Bertz CT molecular complexity index is 515. The normalized spacial score (nSPS) is 18.4. The summed E-state index contributed by atoms with van der Waals surface area (Å²) < 4.78 is 5.87. The summed E-state index contributed by atoms with van der Waals surface area (Å²) in [7, 11) is 0. The third kappa shape index (κ3) is 2.62. The van der Waals surface area contributed by atoms with E-state index in [0.29, 0.717) is 16.2 Å². The first-order valence-corrected chi connectivity index (χ1v) is 5.41. The molecule has 1 atom stereocenters. The number of ether oxygens (including phenoxy) is 1. The van der Waals surface area contributed by atoms with Gasteiger partial charge in [-0.2, -0.15) is 0 Å². The molecule has 0 aromatic carbocycles. The number of rotatable bonds is 2. The number of anilines is 1. The van der Waals surface area contributed by atoms with Crippen molar-refractivity contribution in [1.29, 1.82) is 0 Å². The number of fused-ring (bicyclic) bond motifs is 1. The molecule has 1 unspecified atom stereocenters. The number of hydrogen-bond donors (Lipinski definition) is 2. The van der Waals surface area contributed by atoms with Crippen molar-refractivity contribution in [2.24, 2.45) is 0 Å². The van der Waals surface area contributed by atoms with Crippen LogP contribution in [0.1, 0.15) is 0 Å². The van der Waals surface area contributed by atoms with E-state index in [0.717, 1.165) is 6.08 Å². The monoisotopic (exact) mass is 298 g/mol. The molecule has 0 spiro atoms. The zero-order chi connectivity index (χ0) is 12.4. The second-order valence-corrected chi connectivity index (χ2v) is 4.02. The minimum atomic E-state index is -1.14. The highest BCUT2D eigenvalue weighted by Gasteiger charge is 2.26. The van der Waals surface area contributed by atoms with E-state index in [9.17, 15) is 9.59 Å². The summed E-state index contributed by atoms with van der Waals surface area (Å²) >= 11 is 3.17. The minimum Gasteiger partial charge on any atom is -0.478 e. The molecule has 17 heavy (non-hydrogen) atoms. The van der Waals surface area contributed by atoms with Gasteiger partial charge in [0.25, 0.3) is 5.91 Å². The van der Waals surface area contributed by atoms with E-state index in [1.165, 1.54) is 6.08 Å². The Kier molecular flexibility index (Phi) is 3.10. The number of aliphatic carboxylic acids is 1. The molecule has 0 radical (unpaired) electrons. The average molecular weight is 299 g/mol. The Morgan fingerprint density at radius 3 is 3.06 bits per heavy atom. The van der Waals surface area contributed by atoms with Gasteiger partial charge in [-0.15, -0.1) is 0 Å². The van der Waals surface area contributed by atoms with E-state index in [1.807, 2.05) is 0 Å². The van der Waals surface area contributed by atoms with Crippen LogP contribution in [-0.4, -0.2) is 28.1 Å². The maximum atomic E-state index is 11.5. The second-order valence-electron chi connectivity index (χ2n) is 3.21. The van der Waals surface area contributed by atoms with Gasteiger partial charge < -0.3 is 15.2 Å². The van der Waals surface area contributed by atoms with Crippen LogP contribution in [0.15, 0.2) is 28.9 Å². The van der Waals surface area contributed by atoms with Gasteiger partial charge in [-0.1, -0.05) is 0 Å². The number of nitrogens with one attached hydrogen (secondary N) is 1. The predicted octanol–water partition coefficient (Wildman–Crippen LogP) is 1.18. The maximum Gasteiger partial charge on any atom is 0.328 e. The van der Waals surface area contributed by atoms with Gasteiger partial charge in [0.05, 0.1) is 0 Å². The number of halogens is 1. The van der Waals surface area contributed by atoms with Gasteiger partial charge in [0.15, 0.2) is 17.7 Å². The number of aromatic nitrogens is 1. The fourth-order valence-electron chi connectivity index (χ4n) is 1.28.